The molecule has 0 aromatic carbocycles. The summed E-state index contributed by atoms with van der Waals surface area (Å²) in [7, 11) is 0. The molecule has 2 amide bonds. The van der Waals surface area contributed by atoms with Gasteiger partial charge < -0.3 is 10.6 Å². The third-order valence-electron chi connectivity index (χ3n) is 3.28. The number of urea groups is 1. The number of rotatable bonds is 5. The molecule has 108 valence electrons. The number of nitrogens with one attached hydrogen (secondary N) is 2. The van der Waals surface area contributed by atoms with E-state index in [0.29, 0.717) is 11.9 Å². The highest BCUT2D eigenvalue weighted by atomic mass is 16.2. The van der Waals surface area contributed by atoms with Crippen LogP contribution in [0.3, 0.4) is 0 Å². The second kappa shape index (κ2) is 5.90. The molecule has 0 spiro atoms. The van der Waals surface area contributed by atoms with Gasteiger partial charge >= 0.3 is 6.03 Å². The van der Waals surface area contributed by atoms with Crippen LogP contribution in [-0.2, 0) is 0 Å². The predicted octanol–water partition coefficient (Wildman–Crippen LogP) is 1.03. The van der Waals surface area contributed by atoms with Crippen molar-refractivity contribution in [1.29, 1.82) is 0 Å². The quantitative estimate of drug-likeness (QED) is 0.787. The van der Waals surface area contributed by atoms with Gasteiger partial charge in [0.1, 0.15) is 0 Å². The van der Waals surface area contributed by atoms with Crippen molar-refractivity contribution < 1.29 is 4.79 Å². The van der Waals surface area contributed by atoms with E-state index in [2.05, 4.69) is 32.1 Å². The van der Waals surface area contributed by atoms with Gasteiger partial charge in [-0.2, -0.15) is 0 Å². The summed E-state index contributed by atoms with van der Waals surface area (Å²) in [6.07, 6.45) is 7.56. The van der Waals surface area contributed by atoms with Crippen LogP contribution in [0.2, 0.25) is 0 Å². The van der Waals surface area contributed by atoms with Crippen molar-refractivity contribution in [2.45, 2.75) is 51.7 Å². The summed E-state index contributed by atoms with van der Waals surface area (Å²) in [6, 6.07) is -0.487. The molecule has 1 fully saturated rings. The number of nitrogens with zero attached hydrogens (tertiary/aromatic N) is 4. The van der Waals surface area contributed by atoms with Gasteiger partial charge in [0.15, 0.2) is 5.82 Å². The molecule has 1 aliphatic carbocycles. The largest absolute Gasteiger partial charge is 0.328 e. The van der Waals surface area contributed by atoms with Gasteiger partial charge in [0.25, 0.3) is 0 Å². The Labute approximate surface area is 118 Å². The summed E-state index contributed by atoms with van der Waals surface area (Å²) < 4.78 is 1.78. The maximum atomic E-state index is 11.9. The van der Waals surface area contributed by atoms with Crippen LogP contribution >= 0.6 is 0 Å². The van der Waals surface area contributed by atoms with E-state index in [0.717, 1.165) is 12.8 Å². The van der Waals surface area contributed by atoms with Crippen LogP contribution in [0.5, 0.6) is 0 Å². The van der Waals surface area contributed by atoms with E-state index in [-0.39, 0.29) is 24.0 Å². The standard InChI is InChI=1S/C13H20N6O/c1-5-11(8(2)3)15-13(20)14-9(4)12-16-17-18-19(12)10-6-7-10/h1,8-11H,6-7H2,2-4H3,(H2,14,15,20)/t9-,11+/m0/s1. The minimum absolute atomic E-state index is 0.179. The summed E-state index contributed by atoms with van der Waals surface area (Å²) in [5.41, 5.74) is 0. The van der Waals surface area contributed by atoms with E-state index >= 15 is 0 Å². The average molecular weight is 276 g/mol. The van der Waals surface area contributed by atoms with Crippen molar-refractivity contribution in [2.75, 3.05) is 0 Å². The molecule has 0 unspecified atom stereocenters. The van der Waals surface area contributed by atoms with E-state index in [4.69, 9.17) is 6.42 Å². The highest BCUT2D eigenvalue weighted by Gasteiger charge is 2.30. The van der Waals surface area contributed by atoms with Crippen molar-refractivity contribution in [1.82, 2.24) is 30.8 Å². The molecule has 1 aliphatic rings. The van der Waals surface area contributed by atoms with Crippen molar-refractivity contribution in [3.05, 3.63) is 5.82 Å². The van der Waals surface area contributed by atoms with Crippen LogP contribution < -0.4 is 10.6 Å². The fraction of sp³-hybridized carbons (Fsp3) is 0.692. The molecule has 0 aliphatic heterocycles. The molecule has 7 nitrogen and oxygen atoms in total. The highest BCUT2D eigenvalue weighted by Crippen LogP contribution is 2.35. The molecule has 1 aromatic rings. The number of carbonyl (C=O) groups excluding carboxylic acids is 1. The fourth-order valence-electron chi connectivity index (χ4n) is 1.91. The molecule has 2 rings (SSSR count). The Balaban J connectivity index is 1.93. The van der Waals surface area contributed by atoms with Crippen LogP contribution in [0.15, 0.2) is 0 Å². The molecule has 20 heavy (non-hydrogen) atoms. The molecule has 0 bridgehead atoms. The predicted molar refractivity (Wildman–Crippen MR) is 73.6 cm³/mol. The molecule has 1 saturated carbocycles. The van der Waals surface area contributed by atoms with Gasteiger partial charge in [-0.25, -0.2) is 9.48 Å². The minimum atomic E-state index is -0.306. The maximum absolute atomic E-state index is 11.9. The van der Waals surface area contributed by atoms with Crippen molar-refractivity contribution in [2.24, 2.45) is 5.92 Å². The average Bonchev–Trinajstić information content (AvgIpc) is 3.12. The van der Waals surface area contributed by atoms with E-state index in [1.165, 1.54) is 0 Å². The lowest BCUT2D eigenvalue weighted by atomic mass is 10.1. The maximum Gasteiger partial charge on any atom is 0.316 e. The van der Waals surface area contributed by atoms with Crippen LogP contribution in [0.25, 0.3) is 0 Å². The van der Waals surface area contributed by atoms with Crippen LogP contribution in [0.4, 0.5) is 4.79 Å². The fourth-order valence-corrected chi connectivity index (χ4v) is 1.91. The zero-order chi connectivity index (χ0) is 14.7. The summed E-state index contributed by atoms with van der Waals surface area (Å²) in [4.78, 5) is 11.9. The summed E-state index contributed by atoms with van der Waals surface area (Å²) in [5, 5.41) is 17.2. The van der Waals surface area contributed by atoms with Gasteiger partial charge in [-0.05, 0) is 36.1 Å². The summed E-state index contributed by atoms with van der Waals surface area (Å²) >= 11 is 0. The van der Waals surface area contributed by atoms with Crippen molar-refractivity contribution >= 4 is 6.03 Å². The molecular formula is C13H20N6O. The topological polar surface area (TPSA) is 84.7 Å². The number of hydrogen-bond donors (Lipinski definition) is 2. The van der Waals surface area contributed by atoms with E-state index in [9.17, 15) is 4.79 Å². The first-order valence-electron chi connectivity index (χ1n) is 6.83. The number of aromatic nitrogens is 4. The Morgan fingerprint density at radius 2 is 2.10 bits per heavy atom. The first-order chi connectivity index (χ1) is 9.52. The molecule has 2 atom stereocenters. The second-order valence-electron chi connectivity index (χ2n) is 5.44. The Morgan fingerprint density at radius 3 is 2.65 bits per heavy atom. The first kappa shape index (κ1) is 14.3. The first-order valence-corrected chi connectivity index (χ1v) is 6.83. The molecular weight excluding hydrogens is 256 g/mol. The number of terminal acetylenes is 1. The number of hydrogen-bond acceptors (Lipinski definition) is 4. The lowest BCUT2D eigenvalue weighted by Gasteiger charge is -2.19. The smallest absolute Gasteiger partial charge is 0.316 e. The van der Waals surface area contributed by atoms with Gasteiger partial charge in [0.2, 0.25) is 0 Å². The molecule has 2 N–H and O–H groups in total. The van der Waals surface area contributed by atoms with E-state index in [1.807, 2.05) is 20.8 Å². The van der Waals surface area contributed by atoms with Crippen LogP contribution in [0.1, 0.15) is 51.5 Å². The molecule has 0 saturated heterocycles. The van der Waals surface area contributed by atoms with Gasteiger partial charge in [0, 0.05) is 0 Å². The number of tetrazole rings is 1. The SMILES string of the molecule is C#C[C@@H](NC(=O)N[C@@H](C)c1nnnn1C1CC1)C(C)C. The molecule has 1 heterocycles. The Morgan fingerprint density at radius 1 is 1.40 bits per heavy atom. The molecule has 7 heteroatoms. The minimum Gasteiger partial charge on any atom is -0.328 e. The van der Waals surface area contributed by atoms with Gasteiger partial charge in [-0.1, -0.05) is 19.8 Å². The van der Waals surface area contributed by atoms with Crippen molar-refractivity contribution in [3.8, 4) is 12.3 Å². The van der Waals surface area contributed by atoms with Gasteiger partial charge in [-0.3, -0.25) is 0 Å². The lowest BCUT2D eigenvalue weighted by molar-refractivity contribution is 0.233. The lowest BCUT2D eigenvalue weighted by Crippen LogP contribution is -2.44. The Bertz CT molecular complexity index is 513. The second-order valence-corrected chi connectivity index (χ2v) is 5.44. The van der Waals surface area contributed by atoms with Crippen molar-refractivity contribution in [3.63, 3.8) is 0 Å². The van der Waals surface area contributed by atoms with E-state index < -0.39 is 0 Å². The molecule has 1 aromatic heterocycles. The van der Waals surface area contributed by atoms with Gasteiger partial charge in [0.05, 0.1) is 18.1 Å². The number of amides is 2. The summed E-state index contributed by atoms with van der Waals surface area (Å²) in [6.45, 7) is 5.77. The highest BCUT2D eigenvalue weighted by molar-refractivity contribution is 5.75. The third-order valence-corrected chi connectivity index (χ3v) is 3.28. The zero-order valence-electron chi connectivity index (χ0n) is 12.0. The normalized spacial score (nSPS) is 17.4. The van der Waals surface area contributed by atoms with Crippen LogP contribution in [0, 0.1) is 18.3 Å². The van der Waals surface area contributed by atoms with Crippen LogP contribution in [-0.4, -0.2) is 32.3 Å². The zero-order valence-corrected chi connectivity index (χ0v) is 12.0. The van der Waals surface area contributed by atoms with E-state index in [1.54, 1.807) is 4.68 Å². The Hall–Kier alpha value is -2.10. The third kappa shape index (κ3) is 3.26. The monoisotopic (exact) mass is 276 g/mol. The van der Waals surface area contributed by atoms with Gasteiger partial charge in [-0.15, -0.1) is 11.5 Å². The molecule has 0 radical (unpaired) electrons. The summed E-state index contributed by atoms with van der Waals surface area (Å²) in [5.74, 6) is 3.41. The number of carbonyl (C=O) groups is 1. The Kier molecular flexibility index (Phi) is 4.23.